The minimum atomic E-state index is -0.599. The summed E-state index contributed by atoms with van der Waals surface area (Å²) >= 11 is 0. The quantitative estimate of drug-likeness (QED) is 0.178. The fraction of sp³-hybridized carbons (Fsp3) is 0.133. The van der Waals surface area contributed by atoms with Crippen molar-refractivity contribution in [2.75, 3.05) is 0 Å². The van der Waals surface area contributed by atoms with Crippen LogP contribution in [0.1, 0.15) is 49.9 Å². The second-order valence-electron chi connectivity index (χ2n) is 14.3. The highest BCUT2D eigenvalue weighted by atomic mass is 19.1. The molecule has 0 aliphatic heterocycles. The molecule has 0 saturated carbocycles. The Labute approximate surface area is 279 Å². The van der Waals surface area contributed by atoms with Gasteiger partial charge in [-0.15, -0.1) is 0 Å². The third-order valence-corrected chi connectivity index (χ3v) is 10.8. The van der Waals surface area contributed by atoms with Crippen LogP contribution in [0, 0.1) is 11.6 Å². The van der Waals surface area contributed by atoms with Crippen molar-refractivity contribution in [3.05, 3.63) is 161 Å². The van der Waals surface area contributed by atoms with E-state index in [2.05, 4.69) is 119 Å². The number of aromatic nitrogens is 1. The second-order valence-corrected chi connectivity index (χ2v) is 14.3. The number of nitrogens with zero attached hydrogens (tertiary/aromatic N) is 1. The Kier molecular flexibility index (Phi) is 6.02. The standard InChI is InChI=1S/C45H33F2N/c1-44(2)39-22-27(38-21-26-9-5-6-10-33(26)34-11-7-8-12-35(34)38)13-16-36(39)42-43(44)37-17-14-28(23-40(37)45(42,3)4)41-18-15-29(25-48-41)30-19-31(46)24-32(47)20-30/h5-25H,1-4H3. The van der Waals surface area contributed by atoms with Gasteiger partial charge in [0.1, 0.15) is 11.6 Å². The molecule has 1 nitrogen and oxygen atoms in total. The monoisotopic (exact) mass is 625 g/mol. The number of fused-ring (bicyclic) bond motifs is 7. The second kappa shape index (κ2) is 10.0. The van der Waals surface area contributed by atoms with Crippen LogP contribution >= 0.6 is 0 Å². The van der Waals surface area contributed by atoms with Gasteiger partial charge >= 0.3 is 0 Å². The van der Waals surface area contributed by atoms with Gasteiger partial charge in [0.25, 0.3) is 0 Å². The fourth-order valence-corrected chi connectivity index (χ4v) is 8.47. The van der Waals surface area contributed by atoms with Crippen LogP contribution in [-0.4, -0.2) is 4.98 Å². The summed E-state index contributed by atoms with van der Waals surface area (Å²) in [5, 5.41) is 5.09. The van der Waals surface area contributed by atoms with E-state index < -0.39 is 11.6 Å². The first-order valence-electron chi connectivity index (χ1n) is 16.5. The summed E-state index contributed by atoms with van der Waals surface area (Å²) in [6.07, 6.45) is 1.69. The predicted octanol–water partition coefficient (Wildman–Crippen LogP) is 12.2. The Hall–Kier alpha value is -5.41. The van der Waals surface area contributed by atoms with E-state index >= 15 is 0 Å². The van der Waals surface area contributed by atoms with Crippen LogP contribution < -0.4 is 0 Å². The van der Waals surface area contributed by atoms with E-state index in [4.69, 9.17) is 4.98 Å². The molecule has 2 aliphatic carbocycles. The number of hydrogen-bond donors (Lipinski definition) is 0. The topological polar surface area (TPSA) is 12.9 Å². The summed E-state index contributed by atoms with van der Waals surface area (Å²) in [5.74, 6) is -1.20. The molecule has 0 bridgehead atoms. The lowest BCUT2D eigenvalue weighted by molar-refractivity contribution is 0.584. The van der Waals surface area contributed by atoms with Gasteiger partial charge in [-0.05, 0) is 108 Å². The zero-order valence-corrected chi connectivity index (χ0v) is 27.3. The zero-order valence-electron chi connectivity index (χ0n) is 27.3. The van der Waals surface area contributed by atoms with Gasteiger partial charge in [0, 0.05) is 34.2 Å². The largest absolute Gasteiger partial charge is 0.256 e. The van der Waals surface area contributed by atoms with Crippen molar-refractivity contribution in [2.45, 2.75) is 38.5 Å². The van der Waals surface area contributed by atoms with Gasteiger partial charge in [0.15, 0.2) is 0 Å². The van der Waals surface area contributed by atoms with Crippen LogP contribution in [0.3, 0.4) is 0 Å². The number of benzene rings is 6. The highest BCUT2D eigenvalue weighted by Gasteiger charge is 2.49. The summed E-state index contributed by atoms with van der Waals surface area (Å²) in [4.78, 5) is 4.72. The average Bonchev–Trinajstić information content (AvgIpc) is 3.48. The molecule has 0 saturated heterocycles. The molecule has 3 heteroatoms. The number of halogens is 2. The van der Waals surface area contributed by atoms with Crippen molar-refractivity contribution < 1.29 is 8.78 Å². The highest BCUT2D eigenvalue weighted by Crippen LogP contribution is 2.63. The molecule has 232 valence electrons. The Balaban J connectivity index is 1.11. The normalized spacial score (nSPS) is 15.5. The molecule has 2 aliphatic rings. The number of allylic oxidation sites excluding steroid dienone is 2. The lowest BCUT2D eigenvalue weighted by Crippen LogP contribution is -2.19. The molecular formula is C45H33F2N. The molecule has 0 amide bonds. The molecule has 9 rings (SSSR count). The van der Waals surface area contributed by atoms with Crippen LogP contribution in [0.25, 0.3) is 66.2 Å². The van der Waals surface area contributed by atoms with Crippen molar-refractivity contribution in [3.63, 3.8) is 0 Å². The fourth-order valence-electron chi connectivity index (χ4n) is 8.47. The summed E-state index contributed by atoms with van der Waals surface area (Å²) in [5.41, 5.74) is 13.2. The van der Waals surface area contributed by atoms with Crippen LogP contribution in [0.5, 0.6) is 0 Å². The van der Waals surface area contributed by atoms with Crippen LogP contribution in [0.4, 0.5) is 8.78 Å². The van der Waals surface area contributed by atoms with Gasteiger partial charge in [-0.2, -0.15) is 0 Å². The summed E-state index contributed by atoms with van der Waals surface area (Å²) in [6, 6.07) is 40.9. The Bertz CT molecular complexity index is 2500. The third kappa shape index (κ3) is 4.10. The lowest BCUT2D eigenvalue weighted by atomic mass is 9.74. The zero-order chi connectivity index (χ0) is 32.9. The molecule has 7 aromatic rings. The predicted molar refractivity (Wildman–Crippen MR) is 195 cm³/mol. The van der Waals surface area contributed by atoms with Gasteiger partial charge in [-0.1, -0.05) is 107 Å². The first-order valence-corrected chi connectivity index (χ1v) is 16.5. The van der Waals surface area contributed by atoms with Crippen molar-refractivity contribution in [3.8, 4) is 33.5 Å². The third-order valence-electron chi connectivity index (χ3n) is 10.8. The molecule has 6 aromatic carbocycles. The van der Waals surface area contributed by atoms with Gasteiger partial charge in [0.05, 0.1) is 5.69 Å². The SMILES string of the molecule is CC1(C)C2=C(c3ccc(-c4ccc(-c5cc(F)cc(F)c5)cn4)cc31)C(C)(C)c1cc(-c3cc4ccccc4c4ccccc34)ccc12. The minimum absolute atomic E-state index is 0.183. The molecule has 0 radical (unpaired) electrons. The average molecular weight is 626 g/mol. The smallest absolute Gasteiger partial charge is 0.126 e. The highest BCUT2D eigenvalue weighted by molar-refractivity contribution is 6.14. The summed E-state index contributed by atoms with van der Waals surface area (Å²) < 4.78 is 27.7. The van der Waals surface area contributed by atoms with E-state index in [1.165, 1.54) is 78.2 Å². The maximum absolute atomic E-state index is 13.8. The molecule has 1 heterocycles. The number of pyridine rings is 1. The molecular weight excluding hydrogens is 592 g/mol. The maximum Gasteiger partial charge on any atom is 0.126 e. The van der Waals surface area contributed by atoms with E-state index in [1.54, 1.807) is 6.20 Å². The van der Waals surface area contributed by atoms with Crippen molar-refractivity contribution in [1.82, 2.24) is 4.98 Å². The maximum atomic E-state index is 13.8. The molecule has 0 N–H and O–H groups in total. The Morgan fingerprint density at radius 2 is 1.02 bits per heavy atom. The Morgan fingerprint density at radius 3 is 1.67 bits per heavy atom. The lowest BCUT2D eigenvalue weighted by Gasteiger charge is -2.29. The van der Waals surface area contributed by atoms with Crippen molar-refractivity contribution >= 4 is 32.7 Å². The van der Waals surface area contributed by atoms with E-state index in [-0.39, 0.29) is 10.8 Å². The number of hydrogen-bond acceptors (Lipinski definition) is 1. The van der Waals surface area contributed by atoms with Gasteiger partial charge in [-0.3, -0.25) is 4.98 Å². The summed E-state index contributed by atoms with van der Waals surface area (Å²) in [7, 11) is 0. The van der Waals surface area contributed by atoms with Gasteiger partial charge in [-0.25, -0.2) is 8.78 Å². The first kappa shape index (κ1) is 28.8. The van der Waals surface area contributed by atoms with Gasteiger partial charge in [0.2, 0.25) is 0 Å². The molecule has 0 unspecified atom stereocenters. The van der Waals surface area contributed by atoms with Gasteiger partial charge < -0.3 is 0 Å². The van der Waals surface area contributed by atoms with E-state index in [0.717, 1.165) is 17.3 Å². The Morgan fingerprint density at radius 1 is 0.458 bits per heavy atom. The summed E-state index contributed by atoms with van der Waals surface area (Å²) in [6.45, 7) is 9.40. The van der Waals surface area contributed by atoms with Crippen LogP contribution in [0.15, 0.2) is 128 Å². The van der Waals surface area contributed by atoms with Crippen LogP contribution in [0.2, 0.25) is 0 Å². The molecule has 0 spiro atoms. The van der Waals surface area contributed by atoms with Crippen LogP contribution in [-0.2, 0) is 10.8 Å². The first-order chi connectivity index (χ1) is 23.1. The van der Waals surface area contributed by atoms with Crippen molar-refractivity contribution in [1.29, 1.82) is 0 Å². The van der Waals surface area contributed by atoms with E-state index in [0.29, 0.717) is 11.1 Å². The molecule has 0 atom stereocenters. The number of rotatable bonds is 3. The minimum Gasteiger partial charge on any atom is -0.256 e. The van der Waals surface area contributed by atoms with E-state index in [9.17, 15) is 8.78 Å². The molecule has 48 heavy (non-hydrogen) atoms. The van der Waals surface area contributed by atoms with Crippen molar-refractivity contribution in [2.24, 2.45) is 0 Å². The molecule has 1 aromatic heterocycles. The van der Waals surface area contributed by atoms with E-state index in [1.807, 2.05) is 12.1 Å². The molecule has 0 fully saturated rings.